The van der Waals surface area contributed by atoms with Gasteiger partial charge < -0.3 is 18.6 Å². The van der Waals surface area contributed by atoms with Crippen molar-refractivity contribution in [2.24, 2.45) is 0 Å². The zero-order valence-electron chi connectivity index (χ0n) is 31.6. The molecule has 3 atom stereocenters. The lowest BCUT2D eigenvalue weighted by Gasteiger charge is -2.20. The van der Waals surface area contributed by atoms with Gasteiger partial charge in [-0.3, -0.25) is 0 Å². The van der Waals surface area contributed by atoms with Crippen molar-refractivity contribution >= 4 is 12.0 Å². The maximum atomic E-state index is 5.99. The summed E-state index contributed by atoms with van der Waals surface area (Å²) in [5.41, 5.74) is 0. The lowest BCUT2D eigenvalue weighted by atomic mass is 10.1. The summed E-state index contributed by atoms with van der Waals surface area (Å²) in [6.07, 6.45) is 34.0. The van der Waals surface area contributed by atoms with Crippen molar-refractivity contribution in [3.63, 3.8) is 0 Å². The molecule has 0 aromatic rings. The Morgan fingerprint density at radius 1 is 0.455 bits per heavy atom. The van der Waals surface area contributed by atoms with E-state index in [0.29, 0.717) is 25.1 Å². The van der Waals surface area contributed by atoms with Crippen molar-refractivity contribution in [3.05, 3.63) is 0 Å². The largest absolute Gasteiger partial charge is 0.352 e. The Morgan fingerprint density at radius 3 is 1.18 bits per heavy atom. The van der Waals surface area contributed by atoms with Crippen LogP contribution in [0.4, 0.5) is 0 Å². The molecule has 268 valence electrons. The Kier molecular flexibility index (Phi) is 41.4. The third kappa shape index (κ3) is 36.7. The third-order valence-electron chi connectivity index (χ3n) is 8.65. The Labute approximate surface area is 283 Å². The number of nitrogens with zero attached hydrogens (tertiary/aromatic N) is 1. The van der Waals surface area contributed by atoms with Crippen molar-refractivity contribution in [1.29, 1.82) is 0 Å². The van der Waals surface area contributed by atoms with Gasteiger partial charge in [-0.15, -0.1) is 0 Å². The number of unbranched alkanes of at least 4 members (excludes halogenated alkanes) is 15. The molecule has 0 saturated carbocycles. The molecule has 0 N–H and O–H groups in total. The second-order valence-corrected chi connectivity index (χ2v) is 14.1. The average molecular weight is 646 g/mol. The number of ether oxygens (including phenoxy) is 2. The Morgan fingerprint density at radius 2 is 0.818 bits per heavy atom. The minimum atomic E-state index is 0.387. The second kappa shape index (κ2) is 39.4. The highest BCUT2D eigenvalue weighted by Crippen LogP contribution is 2.18. The molecule has 0 aliphatic heterocycles. The van der Waals surface area contributed by atoms with E-state index in [-0.39, 0.29) is 0 Å². The van der Waals surface area contributed by atoms with E-state index in [1.807, 2.05) is 0 Å². The summed E-state index contributed by atoms with van der Waals surface area (Å²) < 4.78 is 17.9. The van der Waals surface area contributed by atoms with Crippen LogP contribution in [0.3, 0.4) is 0 Å². The smallest absolute Gasteiger partial charge is 0.147 e. The predicted molar refractivity (Wildman–Crippen MR) is 200 cm³/mol. The van der Waals surface area contributed by atoms with Crippen molar-refractivity contribution < 1.29 is 13.7 Å². The van der Waals surface area contributed by atoms with Crippen molar-refractivity contribution in [3.8, 4) is 0 Å². The van der Waals surface area contributed by atoms with Gasteiger partial charge in [0.2, 0.25) is 0 Å². The van der Waals surface area contributed by atoms with Crippen molar-refractivity contribution in [2.45, 2.75) is 220 Å². The normalized spacial score (nSPS) is 13.6. The maximum absolute atomic E-state index is 5.99. The molecule has 0 fully saturated rings. The van der Waals surface area contributed by atoms with E-state index >= 15 is 0 Å². The van der Waals surface area contributed by atoms with Gasteiger partial charge in [0.1, 0.15) is 6.79 Å². The van der Waals surface area contributed by atoms with Gasteiger partial charge in [0.25, 0.3) is 0 Å². The highest BCUT2D eigenvalue weighted by Gasteiger charge is 2.10. The van der Waals surface area contributed by atoms with Crippen LogP contribution < -0.4 is 0 Å². The summed E-state index contributed by atoms with van der Waals surface area (Å²) in [6.45, 7) is 15.2. The van der Waals surface area contributed by atoms with Gasteiger partial charge in [0.15, 0.2) is 0 Å². The summed E-state index contributed by atoms with van der Waals surface area (Å²) in [5.74, 6) is 1.12. The summed E-state index contributed by atoms with van der Waals surface area (Å²) >= 11 is 1.67. The molecule has 0 aliphatic rings. The van der Waals surface area contributed by atoms with E-state index in [9.17, 15) is 0 Å². The summed E-state index contributed by atoms with van der Waals surface area (Å²) in [7, 11) is 4.25. The molecular formula is C39H83NO3S. The zero-order chi connectivity index (χ0) is 32.9. The Hall–Kier alpha value is 0.190. The average Bonchev–Trinajstić information content (AvgIpc) is 3.03. The Bertz CT molecular complexity index is 484. The molecule has 4 nitrogen and oxygen atoms in total. The quantitative estimate of drug-likeness (QED) is 0.0395. The van der Waals surface area contributed by atoms with E-state index in [4.69, 9.17) is 13.7 Å². The van der Waals surface area contributed by atoms with Crippen LogP contribution in [0.15, 0.2) is 0 Å². The van der Waals surface area contributed by atoms with Crippen LogP contribution in [0.1, 0.15) is 202 Å². The highest BCUT2D eigenvalue weighted by atomic mass is 32.2. The molecule has 0 aromatic carbocycles. The fourth-order valence-corrected chi connectivity index (χ4v) is 6.17. The maximum Gasteiger partial charge on any atom is 0.147 e. The molecular weight excluding hydrogens is 563 g/mol. The van der Waals surface area contributed by atoms with Crippen LogP contribution in [0.5, 0.6) is 0 Å². The highest BCUT2D eigenvalue weighted by molar-refractivity contribution is 7.94. The second-order valence-electron chi connectivity index (χ2n) is 13.3. The number of hydrogen-bond donors (Lipinski definition) is 0. The number of rotatable bonds is 34. The number of hydrogen-bond acceptors (Lipinski definition) is 5. The van der Waals surface area contributed by atoms with Gasteiger partial charge in [0, 0.05) is 5.75 Å². The minimum absolute atomic E-state index is 0.387. The first-order valence-corrected chi connectivity index (χ1v) is 20.6. The Balaban J connectivity index is 0. The van der Waals surface area contributed by atoms with Gasteiger partial charge in [-0.25, -0.2) is 0 Å². The fourth-order valence-electron chi connectivity index (χ4n) is 5.40. The molecule has 0 saturated heterocycles. The van der Waals surface area contributed by atoms with Crippen molar-refractivity contribution in [1.82, 2.24) is 4.90 Å². The summed E-state index contributed by atoms with van der Waals surface area (Å²) in [5, 5.41) is 0. The van der Waals surface area contributed by atoms with Crippen molar-refractivity contribution in [2.75, 3.05) is 33.2 Å². The van der Waals surface area contributed by atoms with Gasteiger partial charge in [0.05, 0.1) is 18.3 Å². The summed E-state index contributed by atoms with van der Waals surface area (Å²) in [4.78, 5) is 2.23. The third-order valence-corrected chi connectivity index (χ3v) is 9.51. The molecule has 0 radical (unpaired) electrons. The van der Waals surface area contributed by atoms with E-state index in [1.165, 1.54) is 141 Å². The molecule has 0 rings (SSSR count). The molecule has 0 bridgehead atoms. The van der Waals surface area contributed by atoms with E-state index in [1.54, 1.807) is 12.0 Å². The molecule has 0 aromatic heterocycles. The van der Waals surface area contributed by atoms with Crippen LogP contribution in [-0.4, -0.2) is 56.4 Å². The van der Waals surface area contributed by atoms with Crippen LogP contribution in [-0.2, 0) is 13.7 Å². The standard InChI is InChI=1S/C23H48O2.C16H35NOS/c1-5-9-11-13-15-17-19-22(7-3)24-21-25-23(8-4)20-18-16-14-12-10-6-2;1-5-7-8-9-10-11-13-16(6-2)18-19-15-12-14-17(3)4/h22-23H,5-21H2,1-4H3;16H,5-15H2,1-4H3. The van der Waals surface area contributed by atoms with Crippen LogP contribution >= 0.6 is 12.0 Å². The van der Waals surface area contributed by atoms with Crippen LogP contribution in [0.25, 0.3) is 0 Å². The van der Waals surface area contributed by atoms with Gasteiger partial charge in [-0.05, 0) is 77.6 Å². The molecule has 0 aliphatic carbocycles. The molecule has 0 amide bonds. The lowest BCUT2D eigenvalue weighted by molar-refractivity contribution is -0.123. The van der Waals surface area contributed by atoms with E-state index < -0.39 is 0 Å². The van der Waals surface area contributed by atoms with E-state index in [2.05, 4.69) is 60.5 Å². The lowest BCUT2D eigenvalue weighted by Crippen LogP contribution is -2.19. The zero-order valence-corrected chi connectivity index (χ0v) is 32.4. The van der Waals surface area contributed by atoms with Crippen LogP contribution in [0, 0.1) is 0 Å². The molecule has 0 spiro atoms. The monoisotopic (exact) mass is 646 g/mol. The first-order valence-electron chi connectivity index (χ1n) is 19.6. The van der Waals surface area contributed by atoms with Gasteiger partial charge >= 0.3 is 0 Å². The first-order chi connectivity index (χ1) is 21.5. The SMILES string of the molecule is CCCCCCCCC(CC)OCOC(CC)CCCCCCCC.CCCCCCCCC(CC)OSCCCN(C)C. The molecule has 5 heteroatoms. The first kappa shape index (κ1) is 46.3. The van der Waals surface area contributed by atoms with Crippen LogP contribution in [0.2, 0.25) is 0 Å². The topological polar surface area (TPSA) is 30.9 Å². The molecule has 3 unspecified atom stereocenters. The van der Waals surface area contributed by atoms with Gasteiger partial charge in [-0.2, -0.15) is 0 Å². The predicted octanol–water partition coefficient (Wildman–Crippen LogP) is 13.2. The molecule has 44 heavy (non-hydrogen) atoms. The fraction of sp³-hybridized carbons (Fsp3) is 1.00. The summed E-state index contributed by atoms with van der Waals surface area (Å²) in [6, 6.07) is 0. The van der Waals surface area contributed by atoms with E-state index in [0.717, 1.165) is 31.6 Å². The van der Waals surface area contributed by atoms with Gasteiger partial charge in [-0.1, -0.05) is 157 Å². The molecule has 0 heterocycles. The minimum Gasteiger partial charge on any atom is -0.352 e.